The highest BCUT2D eigenvalue weighted by Crippen LogP contribution is 2.26. The molecule has 1 aliphatic carbocycles. The molecular weight excluding hydrogens is 217 g/mol. The Labute approximate surface area is 102 Å². The summed E-state index contributed by atoms with van der Waals surface area (Å²) in [5.74, 6) is 1.05. The number of benzene rings is 1. The monoisotopic (exact) mass is 237 g/mol. The van der Waals surface area contributed by atoms with Crippen molar-refractivity contribution in [1.82, 2.24) is 0 Å². The fourth-order valence-corrected chi connectivity index (χ4v) is 2.41. The van der Waals surface area contributed by atoms with Crippen LogP contribution in [0.4, 0.5) is 4.39 Å². The molecule has 0 radical (unpaired) electrons. The number of hydrogen-bond acceptors (Lipinski definition) is 2. The topological polar surface area (TPSA) is 35.2 Å². The normalized spacial score (nSPS) is 16.4. The molecule has 2 nitrogen and oxygen atoms in total. The number of hydrogen-bond donors (Lipinski definition) is 1. The summed E-state index contributed by atoms with van der Waals surface area (Å²) >= 11 is 0. The molecule has 0 heterocycles. The summed E-state index contributed by atoms with van der Waals surface area (Å²) in [6.45, 7) is 1.25. The van der Waals surface area contributed by atoms with Crippen molar-refractivity contribution in [3.8, 4) is 5.75 Å². The SMILES string of the molecule is NCCc1cc(F)cc(OCC2CCCC2)c1. The van der Waals surface area contributed by atoms with Gasteiger partial charge in [-0.3, -0.25) is 0 Å². The minimum atomic E-state index is -0.239. The summed E-state index contributed by atoms with van der Waals surface area (Å²) in [6, 6.07) is 4.87. The van der Waals surface area contributed by atoms with Gasteiger partial charge in [-0.25, -0.2) is 4.39 Å². The summed E-state index contributed by atoms with van der Waals surface area (Å²) in [4.78, 5) is 0. The van der Waals surface area contributed by atoms with Crippen LogP contribution in [0.3, 0.4) is 0 Å². The highest BCUT2D eigenvalue weighted by molar-refractivity contribution is 5.29. The lowest BCUT2D eigenvalue weighted by Gasteiger charge is -2.12. The largest absolute Gasteiger partial charge is 0.493 e. The summed E-state index contributed by atoms with van der Waals surface area (Å²) in [5.41, 5.74) is 6.38. The maximum absolute atomic E-state index is 13.3. The Morgan fingerprint density at radius 2 is 2.00 bits per heavy atom. The van der Waals surface area contributed by atoms with Crippen LogP contribution in [0.25, 0.3) is 0 Å². The van der Waals surface area contributed by atoms with E-state index in [4.69, 9.17) is 10.5 Å². The number of nitrogens with two attached hydrogens (primary N) is 1. The van der Waals surface area contributed by atoms with Crippen LogP contribution < -0.4 is 10.5 Å². The van der Waals surface area contributed by atoms with E-state index in [1.807, 2.05) is 6.07 Å². The van der Waals surface area contributed by atoms with Crippen LogP contribution in [-0.2, 0) is 6.42 Å². The van der Waals surface area contributed by atoms with Crippen LogP contribution in [0.2, 0.25) is 0 Å². The lowest BCUT2D eigenvalue weighted by molar-refractivity contribution is 0.251. The minimum absolute atomic E-state index is 0.239. The summed E-state index contributed by atoms with van der Waals surface area (Å²) < 4.78 is 19.0. The fourth-order valence-electron chi connectivity index (χ4n) is 2.41. The van der Waals surface area contributed by atoms with Gasteiger partial charge in [0.1, 0.15) is 11.6 Å². The van der Waals surface area contributed by atoms with Gasteiger partial charge in [0.05, 0.1) is 6.61 Å². The zero-order valence-corrected chi connectivity index (χ0v) is 10.1. The van der Waals surface area contributed by atoms with Crippen molar-refractivity contribution in [2.75, 3.05) is 13.2 Å². The van der Waals surface area contributed by atoms with Crippen LogP contribution in [0, 0.1) is 11.7 Å². The van der Waals surface area contributed by atoms with Gasteiger partial charge in [0.25, 0.3) is 0 Å². The van der Waals surface area contributed by atoms with Crippen molar-refractivity contribution >= 4 is 0 Å². The lowest BCUT2D eigenvalue weighted by Crippen LogP contribution is -2.09. The Morgan fingerprint density at radius 3 is 2.71 bits per heavy atom. The quantitative estimate of drug-likeness (QED) is 0.854. The average molecular weight is 237 g/mol. The molecule has 0 saturated heterocycles. The molecule has 0 unspecified atom stereocenters. The van der Waals surface area contributed by atoms with Gasteiger partial charge in [0.15, 0.2) is 0 Å². The van der Waals surface area contributed by atoms with E-state index in [0.717, 1.165) is 5.56 Å². The molecule has 2 N–H and O–H groups in total. The van der Waals surface area contributed by atoms with Crippen molar-refractivity contribution in [1.29, 1.82) is 0 Å². The van der Waals surface area contributed by atoms with Crippen LogP contribution in [0.1, 0.15) is 31.2 Å². The Bertz CT molecular complexity index is 361. The smallest absolute Gasteiger partial charge is 0.127 e. The van der Waals surface area contributed by atoms with E-state index in [1.54, 1.807) is 0 Å². The van der Waals surface area contributed by atoms with Crippen molar-refractivity contribution in [3.63, 3.8) is 0 Å². The molecular formula is C14H20FNO. The zero-order valence-electron chi connectivity index (χ0n) is 10.1. The Kier molecular flexibility index (Phi) is 4.37. The molecule has 1 fully saturated rings. The van der Waals surface area contributed by atoms with Gasteiger partial charge in [-0.1, -0.05) is 12.8 Å². The summed E-state index contributed by atoms with van der Waals surface area (Å²) in [7, 11) is 0. The highest BCUT2D eigenvalue weighted by atomic mass is 19.1. The molecule has 0 atom stereocenters. The molecule has 94 valence electrons. The number of halogens is 1. The Hall–Kier alpha value is -1.09. The third-order valence-corrected chi connectivity index (χ3v) is 3.32. The first-order chi connectivity index (χ1) is 8.28. The van der Waals surface area contributed by atoms with E-state index in [2.05, 4.69) is 0 Å². The molecule has 1 aliphatic rings. The lowest BCUT2D eigenvalue weighted by atomic mass is 10.1. The van der Waals surface area contributed by atoms with Crippen molar-refractivity contribution in [3.05, 3.63) is 29.6 Å². The van der Waals surface area contributed by atoms with Gasteiger partial charge in [-0.15, -0.1) is 0 Å². The maximum atomic E-state index is 13.3. The molecule has 1 aromatic rings. The molecule has 0 bridgehead atoms. The van der Waals surface area contributed by atoms with E-state index in [9.17, 15) is 4.39 Å². The predicted octanol–water partition coefficient (Wildman–Crippen LogP) is 2.90. The van der Waals surface area contributed by atoms with Crippen molar-refractivity contribution in [2.45, 2.75) is 32.1 Å². The first-order valence-corrected chi connectivity index (χ1v) is 6.40. The molecule has 1 saturated carbocycles. The molecule has 3 heteroatoms. The summed E-state index contributed by atoms with van der Waals surface area (Å²) in [6.07, 6.45) is 5.78. The molecule has 0 spiro atoms. The van der Waals surface area contributed by atoms with E-state index < -0.39 is 0 Å². The fraction of sp³-hybridized carbons (Fsp3) is 0.571. The maximum Gasteiger partial charge on any atom is 0.127 e. The van der Waals surface area contributed by atoms with E-state index in [0.29, 0.717) is 31.2 Å². The Morgan fingerprint density at radius 1 is 1.24 bits per heavy atom. The van der Waals surface area contributed by atoms with Gasteiger partial charge >= 0.3 is 0 Å². The summed E-state index contributed by atoms with van der Waals surface area (Å²) in [5, 5.41) is 0. The average Bonchev–Trinajstić information content (AvgIpc) is 2.79. The molecule has 1 aromatic carbocycles. The molecule has 17 heavy (non-hydrogen) atoms. The van der Waals surface area contributed by atoms with Crippen LogP contribution in [0.15, 0.2) is 18.2 Å². The zero-order chi connectivity index (χ0) is 12.1. The first-order valence-electron chi connectivity index (χ1n) is 6.40. The van der Waals surface area contributed by atoms with Crippen molar-refractivity contribution < 1.29 is 9.13 Å². The van der Waals surface area contributed by atoms with E-state index >= 15 is 0 Å². The first kappa shape index (κ1) is 12.4. The molecule has 0 aromatic heterocycles. The highest BCUT2D eigenvalue weighted by Gasteiger charge is 2.15. The van der Waals surface area contributed by atoms with Crippen LogP contribution >= 0.6 is 0 Å². The number of ether oxygens (including phenoxy) is 1. The predicted molar refractivity (Wildman–Crippen MR) is 66.6 cm³/mol. The second-order valence-corrected chi connectivity index (χ2v) is 4.80. The molecule has 2 rings (SSSR count). The molecule has 0 aliphatic heterocycles. The third-order valence-electron chi connectivity index (χ3n) is 3.32. The van der Waals surface area contributed by atoms with E-state index in [-0.39, 0.29) is 5.82 Å². The van der Waals surface area contributed by atoms with E-state index in [1.165, 1.54) is 37.8 Å². The van der Waals surface area contributed by atoms with Crippen LogP contribution in [-0.4, -0.2) is 13.2 Å². The van der Waals surface area contributed by atoms with Crippen molar-refractivity contribution in [2.24, 2.45) is 11.7 Å². The van der Waals surface area contributed by atoms with Gasteiger partial charge in [-0.2, -0.15) is 0 Å². The van der Waals surface area contributed by atoms with Gasteiger partial charge in [0.2, 0.25) is 0 Å². The second-order valence-electron chi connectivity index (χ2n) is 4.80. The molecule has 0 amide bonds. The van der Waals surface area contributed by atoms with Crippen LogP contribution in [0.5, 0.6) is 5.75 Å². The minimum Gasteiger partial charge on any atom is -0.493 e. The van der Waals surface area contributed by atoms with Gasteiger partial charge in [-0.05, 0) is 49.4 Å². The standard InChI is InChI=1S/C14H20FNO/c15-13-7-12(5-6-16)8-14(9-13)17-10-11-3-1-2-4-11/h7-9,11H,1-6,10,16H2. The van der Waals surface area contributed by atoms with Gasteiger partial charge < -0.3 is 10.5 Å². The van der Waals surface area contributed by atoms with Gasteiger partial charge in [0, 0.05) is 6.07 Å². The third kappa shape index (κ3) is 3.70. The second kappa shape index (κ2) is 6.01. The Balaban J connectivity index is 1.94. The number of rotatable bonds is 5.